The summed E-state index contributed by atoms with van der Waals surface area (Å²) >= 11 is 5.80. The van der Waals surface area contributed by atoms with E-state index in [0.717, 1.165) is 12.4 Å². The van der Waals surface area contributed by atoms with Crippen LogP contribution in [0, 0.1) is 0 Å². The second-order valence-electron chi connectivity index (χ2n) is 4.08. The molecule has 0 spiro atoms. The fraction of sp³-hybridized carbons (Fsp3) is 0.636. The Labute approximate surface area is 95.5 Å². The summed E-state index contributed by atoms with van der Waals surface area (Å²) in [4.78, 5) is 10.5. The van der Waals surface area contributed by atoms with Crippen molar-refractivity contribution in [3.05, 3.63) is 17.5 Å². The zero-order valence-electron chi connectivity index (χ0n) is 8.99. The van der Waals surface area contributed by atoms with Gasteiger partial charge in [0.15, 0.2) is 0 Å². The highest BCUT2D eigenvalue weighted by atomic mass is 35.5. The molecule has 1 aliphatic rings. The third-order valence-corrected chi connectivity index (χ3v) is 3.14. The predicted molar refractivity (Wildman–Crippen MR) is 62.3 cm³/mol. The van der Waals surface area contributed by atoms with Gasteiger partial charge in [0.2, 0.25) is 5.28 Å². The maximum Gasteiger partial charge on any atom is 0.224 e. The van der Waals surface area contributed by atoms with E-state index in [1.54, 1.807) is 6.20 Å². The van der Waals surface area contributed by atoms with Crippen molar-refractivity contribution < 1.29 is 0 Å². The summed E-state index contributed by atoms with van der Waals surface area (Å²) < 4.78 is 0. The molecule has 1 fully saturated rings. The first-order valence-corrected chi connectivity index (χ1v) is 5.90. The van der Waals surface area contributed by atoms with E-state index in [-0.39, 0.29) is 0 Å². The lowest BCUT2D eigenvalue weighted by Crippen LogP contribution is -2.33. The molecule has 1 atom stereocenters. The highest BCUT2D eigenvalue weighted by Gasteiger charge is 2.18. The standard InChI is InChI=1S/C11H16ClN3/c1-9-5-3-2-4-8-15(9)10-6-7-13-11(12)14-10/h6-7,9H,2-5,8H2,1H3. The maximum absolute atomic E-state index is 5.80. The Morgan fingerprint density at radius 1 is 1.40 bits per heavy atom. The van der Waals surface area contributed by atoms with E-state index in [1.807, 2.05) is 6.07 Å². The monoisotopic (exact) mass is 225 g/mol. The molecule has 0 bridgehead atoms. The van der Waals surface area contributed by atoms with E-state index < -0.39 is 0 Å². The quantitative estimate of drug-likeness (QED) is 0.689. The zero-order chi connectivity index (χ0) is 10.7. The summed E-state index contributed by atoms with van der Waals surface area (Å²) in [5, 5.41) is 0.337. The molecule has 0 radical (unpaired) electrons. The van der Waals surface area contributed by atoms with E-state index in [2.05, 4.69) is 21.8 Å². The number of hydrogen-bond donors (Lipinski definition) is 0. The van der Waals surface area contributed by atoms with Crippen molar-refractivity contribution in [1.82, 2.24) is 9.97 Å². The highest BCUT2D eigenvalue weighted by Crippen LogP contribution is 2.22. The van der Waals surface area contributed by atoms with Crippen molar-refractivity contribution in [2.24, 2.45) is 0 Å². The van der Waals surface area contributed by atoms with E-state index in [4.69, 9.17) is 11.6 Å². The average molecular weight is 226 g/mol. The molecule has 1 aromatic heterocycles. The largest absolute Gasteiger partial charge is 0.354 e. The van der Waals surface area contributed by atoms with Gasteiger partial charge in [-0.15, -0.1) is 0 Å². The Kier molecular flexibility index (Phi) is 3.41. The van der Waals surface area contributed by atoms with E-state index in [0.29, 0.717) is 11.3 Å². The van der Waals surface area contributed by atoms with Crippen LogP contribution in [-0.2, 0) is 0 Å². The Morgan fingerprint density at radius 3 is 3.07 bits per heavy atom. The highest BCUT2D eigenvalue weighted by molar-refractivity contribution is 6.28. The van der Waals surface area contributed by atoms with Gasteiger partial charge in [0, 0.05) is 18.8 Å². The third kappa shape index (κ3) is 2.59. The first-order valence-electron chi connectivity index (χ1n) is 5.52. The Hall–Kier alpha value is -0.830. The summed E-state index contributed by atoms with van der Waals surface area (Å²) in [5.74, 6) is 0.962. The molecule has 1 saturated heterocycles. The number of nitrogens with zero attached hydrogens (tertiary/aromatic N) is 3. The summed E-state index contributed by atoms with van der Waals surface area (Å²) in [5.41, 5.74) is 0. The van der Waals surface area contributed by atoms with E-state index in [9.17, 15) is 0 Å². The molecule has 0 N–H and O–H groups in total. The van der Waals surface area contributed by atoms with Gasteiger partial charge in [-0.2, -0.15) is 0 Å². The Bertz CT molecular complexity index is 329. The van der Waals surface area contributed by atoms with Crippen molar-refractivity contribution in [2.45, 2.75) is 38.6 Å². The number of rotatable bonds is 1. The number of hydrogen-bond acceptors (Lipinski definition) is 3. The molecule has 2 heterocycles. The van der Waals surface area contributed by atoms with Gasteiger partial charge in [0.05, 0.1) is 0 Å². The van der Waals surface area contributed by atoms with Crippen LogP contribution in [0.5, 0.6) is 0 Å². The number of aromatic nitrogens is 2. The minimum atomic E-state index is 0.337. The lowest BCUT2D eigenvalue weighted by molar-refractivity contribution is 0.610. The number of halogens is 1. The van der Waals surface area contributed by atoms with Gasteiger partial charge < -0.3 is 4.90 Å². The summed E-state index contributed by atoms with van der Waals surface area (Å²) in [6.07, 6.45) is 6.84. The van der Waals surface area contributed by atoms with Crippen LogP contribution in [0.3, 0.4) is 0 Å². The van der Waals surface area contributed by atoms with Gasteiger partial charge in [-0.05, 0) is 37.4 Å². The van der Waals surface area contributed by atoms with E-state index >= 15 is 0 Å². The van der Waals surface area contributed by atoms with Crippen LogP contribution in [0.15, 0.2) is 12.3 Å². The van der Waals surface area contributed by atoms with Crippen molar-refractivity contribution >= 4 is 17.4 Å². The number of anilines is 1. The minimum absolute atomic E-state index is 0.337. The second-order valence-corrected chi connectivity index (χ2v) is 4.41. The molecule has 0 aliphatic carbocycles. The fourth-order valence-electron chi connectivity index (χ4n) is 2.10. The first kappa shape index (κ1) is 10.7. The Balaban J connectivity index is 2.20. The second kappa shape index (κ2) is 4.79. The van der Waals surface area contributed by atoms with Crippen LogP contribution in [-0.4, -0.2) is 22.6 Å². The van der Waals surface area contributed by atoms with Gasteiger partial charge in [0.1, 0.15) is 5.82 Å². The van der Waals surface area contributed by atoms with Crippen LogP contribution in [0.1, 0.15) is 32.6 Å². The smallest absolute Gasteiger partial charge is 0.224 e. The Morgan fingerprint density at radius 2 is 2.27 bits per heavy atom. The van der Waals surface area contributed by atoms with Crippen LogP contribution in [0.25, 0.3) is 0 Å². The molecule has 2 rings (SSSR count). The van der Waals surface area contributed by atoms with Gasteiger partial charge in [0.25, 0.3) is 0 Å². The van der Waals surface area contributed by atoms with Crippen molar-refractivity contribution in [1.29, 1.82) is 0 Å². The summed E-state index contributed by atoms with van der Waals surface area (Å²) in [7, 11) is 0. The van der Waals surface area contributed by atoms with Gasteiger partial charge in [-0.1, -0.05) is 12.8 Å². The van der Waals surface area contributed by atoms with Crippen molar-refractivity contribution in [2.75, 3.05) is 11.4 Å². The van der Waals surface area contributed by atoms with Gasteiger partial charge >= 0.3 is 0 Å². The lowest BCUT2D eigenvalue weighted by atomic mass is 10.1. The van der Waals surface area contributed by atoms with Crippen LogP contribution >= 0.6 is 11.6 Å². The van der Waals surface area contributed by atoms with Gasteiger partial charge in [-0.25, -0.2) is 9.97 Å². The maximum atomic E-state index is 5.80. The molecule has 1 aliphatic heterocycles. The predicted octanol–water partition coefficient (Wildman–Crippen LogP) is 2.90. The van der Waals surface area contributed by atoms with Crippen LogP contribution < -0.4 is 4.90 Å². The topological polar surface area (TPSA) is 29.0 Å². The molecule has 0 amide bonds. The van der Waals surface area contributed by atoms with Crippen LogP contribution in [0.2, 0.25) is 5.28 Å². The molecule has 3 nitrogen and oxygen atoms in total. The molecule has 82 valence electrons. The molecular formula is C11H16ClN3. The third-order valence-electron chi connectivity index (χ3n) is 2.96. The summed E-state index contributed by atoms with van der Waals surface area (Å²) in [6.45, 7) is 3.33. The molecule has 0 saturated carbocycles. The minimum Gasteiger partial charge on any atom is -0.354 e. The molecular weight excluding hydrogens is 210 g/mol. The molecule has 1 aromatic rings. The SMILES string of the molecule is CC1CCCCCN1c1ccnc(Cl)n1. The molecule has 15 heavy (non-hydrogen) atoms. The zero-order valence-corrected chi connectivity index (χ0v) is 9.74. The molecule has 4 heteroatoms. The van der Waals surface area contributed by atoms with Crippen LogP contribution in [0.4, 0.5) is 5.82 Å². The lowest BCUT2D eigenvalue weighted by Gasteiger charge is -2.28. The molecule has 0 aromatic carbocycles. The first-order chi connectivity index (χ1) is 7.27. The fourth-order valence-corrected chi connectivity index (χ4v) is 2.24. The van der Waals surface area contributed by atoms with E-state index in [1.165, 1.54) is 25.7 Å². The molecule has 1 unspecified atom stereocenters. The normalized spacial score (nSPS) is 22.5. The summed E-state index contributed by atoms with van der Waals surface area (Å²) in [6, 6.07) is 2.49. The average Bonchev–Trinajstić information content (AvgIpc) is 2.43. The van der Waals surface area contributed by atoms with Gasteiger partial charge in [-0.3, -0.25) is 0 Å². The van der Waals surface area contributed by atoms with Crippen molar-refractivity contribution in [3.8, 4) is 0 Å². The van der Waals surface area contributed by atoms with Crippen molar-refractivity contribution in [3.63, 3.8) is 0 Å².